The summed E-state index contributed by atoms with van der Waals surface area (Å²) in [6, 6.07) is 26.5. The third-order valence-corrected chi connectivity index (χ3v) is 5.30. The molecule has 0 saturated carbocycles. The van der Waals surface area contributed by atoms with E-state index in [0.29, 0.717) is 0 Å². The Morgan fingerprint density at radius 3 is 2.00 bits per heavy atom. The number of para-hydroxylation sites is 1. The van der Waals surface area contributed by atoms with E-state index in [1.165, 1.54) is 0 Å². The van der Waals surface area contributed by atoms with Crippen molar-refractivity contribution in [3.05, 3.63) is 90.5 Å². The molecular weight excluding hydrogens is 362 g/mol. The number of aromatic hydroxyl groups is 1. The van der Waals surface area contributed by atoms with Gasteiger partial charge in [-0.1, -0.05) is 48.5 Å². The second kappa shape index (κ2) is 8.80. The predicted molar refractivity (Wildman–Crippen MR) is 116 cm³/mol. The molecule has 1 heterocycles. The van der Waals surface area contributed by atoms with Gasteiger partial charge in [-0.2, -0.15) is 0 Å². The highest BCUT2D eigenvalue weighted by Crippen LogP contribution is 2.26. The van der Waals surface area contributed by atoms with Crippen molar-refractivity contribution in [2.45, 2.75) is 6.04 Å². The molecule has 0 spiro atoms. The fraction of sp³-hybridized carbons (Fsp3) is 0.208. The molecule has 148 valence electrons. The van der Waals surface area contributed by atoms with Crippen molar-refractivity contribution < 1.29 is 9.90 Å². The molecule has 3 aromatic rings. The van der Waals surface area contributed by atoms with E-state index in [2.05, 4.69) is 15.1 Å². The van der Waals surface area contributed by atoms with Crippen molar-refractivity contribution in [1.82, 2.24) is 4.90 Å². The summed E-state index contributed by atoms with van der Waals surface area (Å²) < 4.78 is 0. The number of nitrogens with zero attached hydrogens (tertiary/aromatic N) is 2. The first kappa shape index (κ1) is 19.0. The Kier molecular flexibility index (Phi) is 5.77. The molecule has 0 aliphatic carbocycles. The summed E-state index contributed by atoms with van der Waals surface area (Å²) in [7, 11) is 0. The van der Waals surface area contributed by atoms with Gasteiger partial charge in [-0.25, -0.2) is 0 Å². The van der Waals surface area contributed by atoms with Gasteiger partial charge < -0.3 is 15.3 Å². The highest BCUT2D eigenvalue weighted by Gasteiger charge is 2.30. The van der Waals surface area contributed by atoms with E-state index >= 15 is 0 Å². The lowest BCUT2D eigenvalue weighted by Crippen LogP contribution is -2.50. The Hall–Kier alpha value is -3.31. The minimum absolute atomic E-state index is 0.0134. The summed E-state index contributed by atoms with van der Waals surface area (Å²) in [6.07, 6.45) is 0. The molecule has 2 N–H and O–H groups in total. The molecule has 1 fully saturated rings. The van der Waals surface area contributed by atoms with E-state index in [4.69, 9.17) is 0 Å². The van der Waals surface area contributed by atoms with Crippen LogP contribution < -0.4 is 10.2 Å². The first-order valence-corrected chi connectivity index (χ1v) is 9.89. The first-order chi connectivity index (χ1) is 14.2. The van der Waals surface area contributed by atoms with Crippen LogP contribution in [0.5, 0.6) is 5.75 Å². The molecule has 0 aromatic heterocycles. The van der Waals surface area contributed by atoms with Crippen LogP contribution in [-0.2, 0) is 4.79 Å². The summed E-state index contributed by atoms with van der Waals surface area (Å²) in [5.74, 6) is 0.259. The summed E-state index contributed by atoms with van der Waals surface area (Å²) in [5, 5.41) is 12.6. The van der Waals surface area contributed by atoms with Gasteiger partial charge in [0.15, 0.2) is 0 Å². The van der Waals surface area contributed by atoms with Crippen LogP contribution in [0.15, 0.2) is 84.9 Å². The molecule has 0 bridgehead atoms. The highest BCUT2D eigenvalue weighted by molar-refractivity contribution is 5.95. The summed E-state index contributed by atoms with van der Waals surface area (Å²) >= 11 is 0. The van der Waals surface area contributed by atoms with Crippen molar-refractivity contribution in [2.75, 3.05) is 36.4 Å². The average molecular weight is 387 g/mol. The van der Waals surface area contributed by atoms with Crippen molar-refractivity contribution >= 4 is 17.3 Å². The molecule has 3 aromatic carbocycles. The fourth-order valence-corrected chi connectivity index (χ4v) is 3.80. The number of phenols is 1. The van der Waals surface area contributed by atoms with Crippen molar-refractivity contribution in [1.29, 1.82) is 0 Å². The molecule has 1 atom stereocenters. The topological polar surface area (TPSA) is 55.8 Å². The Labute approximate surface area is 171 Å². The van der Waals surface area contributed by atoms with Gasteiger partial charge in [-0.3, -0.25) is 9.69 Å². The molecule has 5 heteroatoms. The molecule has 0 radical (unpaired) electrons. The number of carbonyl (C=O) groups is 1. The Balaban J connectivity index is 1.50. The van der Waals surface area contributed by atoms with Gasteiger partial charge in [-0.15, -0.1) is 0 Å². The lowest BCUT2D eigenvalue weighted by atomic mass is 10.0. The van der Waals surface area contributed by atoms with Gasteiger partial charge in [0.2, 0.25) is 5.91 Å². The largest absolute Gasteiger partial charge is 0.508 e. The van der Waals surface area contributed by atoms with Crippen LogP contribution in [0.25, 0.3) is 0 Å². The zero-order valence-corrected chi connectivity index (χ0v) is 16.2. The highest BCUT2D eigenvalue weighted by atomic mass is 16.3. The van der Waals surface area contributed by atoms with Crippen LogP contribution in [0.2, 0.25) is 0 Å². The van der Waals surface area contributed by atoms with Gasteiger partial charge >= 0.3 is 0 Å². The summed E-state index contributed by atoms with van der Waals surface area (Å²) in [4.78, 5) is 17.7. The van der Waals surface area contributed by atoms with Gasteiger partial charge in [0.1, 0.15) is 11.8 Å². The predicted octanol–water partition coefficient (Wildman–Crippen LogP) is 3.89. The maximum Gasteiger partial charge on any atom is 0.246 e. The molecule has 1 aliphatic heterocycles. The minimum Gasteiger partial charge on any atom is -0.508 e. The Morgan fingerprint density at radius 1 is 0.793 bits per heavy atom. The van der Waals surface area contributed by atoms with Crippen LogP contribution in [0.3, 0.4) is 0 Å². The van der Waals surface area contributed by atoms with E-state index < -0.39 is 0 Å². The van der Waals surface area contributed by atoms with Crippen LogP contribution in [-0.4, -0.2) is 42.1 Å². The van der Waals surface area contributed by atoms with Crippen molar-refractivity contribution in [2.24, 2.45) is 0 Å². The average Bonchev–Trinajstić information content (AvgIpc) is 2.76. The summed E-state index contributed by atoms with van der Waals surface area (Å²) in [5.41, 5.74) is 2.90. The van der Waals surface area contributed by atoms with Gasteiger partial charge in [-0.05, 0) is 42.0 Å². The van der Waals surface area contributed by atoms with Crippen LogP contribution in [0.4, 0.5) is 11.4 Å². The second-order valence-electron chi connectivity index (χ2n) is 7.21. The molecule has 1 saturated heterocycles. The first-order valence-electron chi connectivity index (χ1n) is 9.89. The minimum atomic E-state index is -0.335. The molecule has 29 heavy (non-hydrogen) atoms. The lowest BCUT2D eigenvalue weighted by molar-refractivity contribution is -0.121. The van der Waals surface area contributed by atoms with E-state index in [9.17, 15) is 9.90 Å². The maximum absolute atomic E-state index is 13.2. The lowest BCUT2D eigenvalue weighted by Gasteiger charge is -2.39. The molecule has 4 rings (SSSR count). The zero-order valence-electron chi connectivity index (χ0n) is 16.2. The number of phenolic OH excluding ortho intramolecular Hbond substituents is 1. The van der Waals surface area contributed by atoms with Gasteiger partial charge in [0, 0.05) is 37.6 Å². The number of carbonyl (C=O) groups excluding carboxylic acids is 1. The Bertz CT molecular complexity index is 921. The third-order valence-electron chi connectivity index (χ3n) is 5.30. The van der Waals surface area contributed by atoms with Crippen molar-refractivity contribution in [3.63, 3.8) is 0 Å². The third kappa shape index (κ3) is 4.58. The van der Waals surface area contributed by atoms with E-state index in [1.54, 1.807) is 12.1 Å². The van der Waals surface area contributed by atoms with E-state index in [-0.39, 0.29) is 17.7 Å². The zero-order chi connectivity index (χ0) is 20.1. The number of anilines is 2. The van der Waals surface area contributed by atoms with E-state index in [0.717, 1.165) is 43.1 Å². The van der Waals surface area contributed by atoms with Crippen LogP contribution in [0, 0.1) is 0 Å². The van der Waals surface area contributed by atoms with Gasteiger partial charge in [0.25, 0.3) is 0 Å². The number of piperazine rings is 1. The molecule has 5 nitrogen and oxygen atoms in total. The second-order valence-corrected chi connectivity index (χ2v) is 7.21. The smallest absolute Gasteiger partial charge is 0.246 e. The number of amides is 1. The number of benzene rings is 3. The Morgan fingerprint density at radius 2 is 1.38 bits per heavy atom. The summed E-state index contributed by atoms with van der Waals surface area (Å²) in [6.45, 7) is 3.21. The fourth-order valence-electron chi connectivity index (χ4n) is 3.80. The number of hydrogen-bond acceptors (Lipinski definition) is 4. The normalized spacial score (nSPS) is 15.7. The number of hydrogen-bond donors (Lipinski definition) is 2. The van der Waals surface area contributed by atoms with E-state index in [1.807, 2.05) is 72.8 Å². The molecule has 1 amide bonds. The van der Waals surface area contributed by atoms with Gasteiger partial charge in [0.05, 0.1) is 0 Å². The van der Waals surface area contributed by atoms with Crippen LogP contribution in [0.1, 0.15) is 11.6 Å². The quantitative estimate of drug-likeness (QED) is 0.697. The monoisotopic (exact) mass is 387 g/mol. The maximum atomic E-state index is 13.2. The van der Waals surface area contributed by atoms with Crippen molar-refractivity contribution in [3.8, 4) is 5.75 Å². The molecule has 1 aliphatic rings. The van der Waals surface area contributed by atoms with Crippen LogP contribution >= 0.6 is 0 Å². The number of rotatable bonds is 5. The molecular formula is C24H25N3O2. The number of nitrogens with one attached hydrogen (secondary N) is 1. The standard InChI is InChI=1S/C24H25N3O2/c28-22-13-11-21(12-14-22)26-15-17-27(18-16-26)23(19-7-3-1-4-8-19)24(29)25-20-9-5-2-6-10-20/h1-14,23,28H,15-18H2,(H,25,29). The SMILES string of the molecule is O=C(Nc1ccccc1)C(c1ccccc1)N1CCN(c2ccc(O)cc2)CC1. The molecule has 1 unspecified atom stereocenters.